The molecule has 0 unspecified atom stereocenters. The summed E-state index contributed by atoms with van der Waals surface area (Å²) in [4.78, 5) is 24.4. The number of nitrogens with zero attached hydrogens (tertiary/aromatic N) is 3. The van der Waals surface area contributed by atoms with Crippen LogP contribution in [0.1, 0.15) is 0 Å². The Balaban J connectivity index is 1.82. The van der Waals surface area contributed by atoms with Crippen molar-refractivity contribution in [2.45, 2.75) is 6.54 Å². The lowest BCUT2D eigenvalue weighted by Crippen LogP contribution is -2.49. The molecule has 9 nitrogen and oxygen atoms in total. The fraction of sp³-hybridized carbons (Fsp3) is 0.389. The number of morpholine rings is 1. The summed E-state index contributed by atoms with van der Waals surface area (Å²) in [6.45, 7) is 2.15. The summed E-state index contributed by atoms with van der Waals surface area (Å²) in [6, 6.07) is 8.27. The van der Waals surface area contributed by atoms with E-state index in [1.807, 2.05) is 0 Å². The second kappa shape index (κ2) is 8.65. The minimum Gasteiger partial charge on any atom is -0.497 e. The Morgan fingerprint density at radius 2 is 1.96 bits per heavy atom. The maximum atomic E-state index is 12.3. The summed E-state index contributed by atoms with van der Waals surface area (Å²) in [5.41, 5.74) is 3.57. The van der Waals surface area contributed by atoms with Gasteiger partial charge in [0.1, 0.15) is 18.0 Å². The van der Waals surface area contributed by atoms with Crippen LogP contribution in [-0.4, -0.2) is 61.2 Å². The zero-order valence-electron chi connectivity index (χ0n) is 15.3. The van der Waals surface area contributed by atoms with Gasteiger partial charge in [0.05, 0.1) is 33.1 Å². The molecule has 0 saturated carbocycles. The first-order chi connectivity index (χ1) is 13.1. The molecule has 1 fully saturated rings. The van der Waals surface area contributed by atoms with Crippen LogP contribution in [0.3, 0.4) is 0 Å². The summed E-state index contributed by atoms with van der Waals surface area (Å²) in [7, 11) is 3.12. The first-order valence-corrected chi connectivity index (χ1v) is 8.53. The third kappa shape index (κ3) is 4.63. The van der Waals surface area contributed by atoms with Crippen LogP contribution in [0.15, 0.2) is 35.1 Å². The highest BCUT2D eigenvalue weighted by molar-refractivity contribution is 5.75. The van der Waals surface area contributed by atoms with Gasteiger partial charge in [0.2, 0.25) is 0 Å². The summed E-state index contributed by atoms with van der Waals surface area (Å²) in [6.07, 6.45) is 0. The van der Waals surface area contributed by atoms with Gasteiger partial charge < -0.3 is 14.2 Å². The molecule has 144 valence electrons. The van der Waals surface area contributed by atoms with Gasteiger partial charge in [0, 0.05) is 24.7 Å². The Labute approximate surface area is 156 Å². The molecule has 0 aliphatic carbocycles. The minimum atomic E-state index is -0.363. The van der Waals surface area contributed by atoms with Gasteiger partial charge in [-0.1, -0.05) is 0 Å². The lowest BCUT2D eigenvalue weighted by molar-refractivity contribution is -0.128. The lowest BCUT2D eigenvalue weighted by Gasteiger charge is -2.26. The molecular formula is C18H22N4O5. The maximum absolute atomic E-state index is 12.3. The molecule has 0 bridgehead atoms. The number of amides is 1. The highest BCUT2D eigenvalue weighted by Gasteiger charge is 2.15. The Morgan fingerprint density at radius 3 is 2.67 bits per heavy atom. The lowest BCUT2D eigenvalue weighted by atomic mass is 10.1. The molecule has 2 aromatic rings. The van der Waals surface area contributed by atoms with Crippen molar-refractivity contribution in [2.24, 2.45) is 0 Å². The van der Waals surface area contributed by atoms with Crippen molar-refractivity contribution in [3.8, 4) is 22.8 Å². The predicted molar refractivity (Wildman–Crippen MR) is 97.6 cm³/mol. The van der Waals surface area contributed by atoms with Crippen molar-refractivity contribution in [1.29, 1.82) is 0 Å². The van der Waals surface area contributed by atoms with E-state index in [9.17, 15) is 9.59 Å². The number of ether oxygens (including phenoxy) is 3. The topological polar surface area (TPSA) is 94.9 Å². The molecule has 0 radical (unpaired) electrons. The molecule has 1 saturated heterocycles. The highest BCUT2D eigenvalue weighted by atomic mass is 16.5. The molecule has 2 heterocycles. The Bertz CT molecular complexity index is 861. The Morgan fingerprint density at radius 1 is 1.19 bits per heavy atom. The molecule has 1 aliphatic heterocycles. The van der Waals surface area contributed by atoms with Crippen LogP contribution in [0.5, 0.6) is 11.5 Å². The molecule has 9 heteroatoms. The largest absolute Gasteiger partial charge is 0.497 e. The predicted octanol–water partition coefficient (Wildman–Crippen LogP) is 0.291. The van der Waals surface area contributed by atoms with E-state index in [2.05, 4.69) is 10.5 Å². The maximum Gasteiger partial charge on any atom is 0.267 e. The number of aromatic nitrogens is 2. The van der Waals surface area contributed by atoms with E-state index in [-0.39, 0.29) is 18.0 Å². The fourth-order valence-electron chi connectivity index (χ4n) is 2.74. The quantitative estimate of drug-likeness (QED) is 0.777. The summed E-state index contributed by atoms with van der Waals surface area (Å²) >= 11 is 0. The second-order valence-corrected chi connectivity index (χ2v) is 5.92. The zero-order valence-corrected chi connectivity index (χ0v) is 15.3. The number of nitrogens with one attached hydrogen (secondary N) is 1. The molecule has 1 aliphatic rings. The van der Waals surface area contributed by atoms with E-state index in [1.165, 1.54) is 6.07 Å². The smallest absolute Gasteiger partial charge is 0.267 e. The number of methoxy groups -OCH3 is 2. The van der Waals surface area contributed by atoms with E-state index < -0.39 is 0 Å². The van der Waals surface area contributed by atoms with E-state index in [1.54, 1.807) is 43.5 Å². The van der Waals surface area contributed by atoms with Gasteiger partial charge in [-0.15, -0.1) is 0 Å². The van der Waals surface area contributed by atoms with E-state index >= 15 is 0 Å². The third-order valence-electron chi connectivity index (χ3n) is 4.14. The Hall–Kier alpha value is -2.91. The van der Waals surface area contributed by atoms with E-state index in [0.29, 0.717) is 49.1 Å². The van der Waals surface area contributed by atoms with Gasteiger partial charge in [0.25, 0.3) is 11.5 Å². The molecule has 27 heavy (non-hydrogen) atoms. The van der Waals surface area contributed by atoms with Gasteiger partial charge in [-0.05, 0) is 24.3 Å². The van der Waals surface area contributed by atoms with Crippen LogP contribution in [-0.2, 0) is 16.1 Å². The number of carbonyl (C=O) groups excluding carboxylic acids is 1. The number of rotatable bonds is 6. The molecule has 0 atom stereocenters. The SMILES string of the molecule is COc1ccc(OC)c(-c2ccc(=O)n(CC(=O)NN3CCOCC3)n2)c1. The van der Waals surface area contributed by atoms with Gasteiger partial charge in [0.15, 0.2) is 0 Å². The fourth-order valence-corrected chi connectivity index (χ4v) is 2.74. The second-order valence-electron chi connectivity index (χ2n) is 5.92. The standard InChI is InChI=1S/C18H22N4O5/c1-25-13-3-5-16(26-2)14(11-13)15-4-6-18(24)22(19-15)12-17(23)20-21-7-9-27-10-8-21/h3-6,11H,7-10,12H2,1-2H3,(H,20,23). The summed E-state index contributed by atoms with van der Waals surface area (Å²) < 4.78 is 17.0. The van der Waals surface area contributed by atoms with Crippen LogP contribution in [0.25, 0.3) is 11.3 Å². The molecule has 1 aromatic carbocycles. The summed E-state index contributed by atoms with van der Waals surface area (Å²) in [5, 5.41) is 6.09. The molecule has 1 N–H and O–H groups in total. The first kappa shape index (κ1) is 18.9. The monoisotopic (exact) mass is 374 g/mol. The Kier molecular flexibility index (Phi) is 6.05. The third-order valence-corrected chi connectivity index (χ3v) is 4.14. The van der Waals surface area contributed by atoms with Crippen molar-refractivity contribution in [3.05, 3.63) is 40.7 Å². The van der Waals surface area contributed by atoms with Gasteiger partial charge in [-0.2, -0.15) is 5.10 Å². The zero-order chi connectivity index (χ0) is 19.2. The average Bonchev–Trinajstić information content (AvgIpc) is 2.70. The molecule has 0 spiro atoms. The molecular weight excluding hydrogens is 352 g/mol. The van der Waals surface area contributed by atoms with Crippen LogP contribution >= 0.6 is 0 Å². The van der Waals surface area contributed by atoms with Crippen molar-refractivity contribution >= 4 is 5.91 Å². The number of hydrogen-bond donors (Lipinski definition) is 1. The molecule has 1 amide bonds. The van der Waals surface area contributed by atoms with Crippen molar-refractivity contribution in [1.82, 2.24) is 20.2 Å². The van der Waals surface area contributed by atoms with E-state index in [0.717, 1.165) is 4.68 Å². The highest BCUT2D eigenvalue weighted by Crippen LogP contribution is 2.31. The first-order valence-electron chi connectivity index (χ1n) is 8.53. The van der Waals surface area contributed by atoms with E-state index in [4.69, 9.17) is 14.2 Å². The molecule has 3 rings (SSSR count). The number of hydrazine groups is 1. The average molecular weight is 374 g/mol. The van der Waals surface area contributed by atoms with Crippen LogP contribution < -0.4 is 20.5 Å². The van der Waals surface area contributed by atoms with Gasteiger partial charge in [-0.3, -0.25) is 15.0 Å². The van der Waals surface area contributed by atoms with Gasteiger partial charge >= 0.3 is 0 Å². The van der Waals surface area contributed by atoms with Crippen LogP contribution in [0, 0.1) is 0 Å². The van der Waals surface area contributed by atoms with Crippen LogP contribution in [0.2, 0.25) is 0 Å². The van der Waals surface area contributed by atoms with Crippen molar-refractivity contribution in [3.63, 3.8) is 0 Å². The van der Waals surface area contributed by atoms with Gasteiger partial charge in [-0.25, -0.2) is 9.69 Å². The van der Waals surface area contributed by atoms with Crippen molar-refractivity contribution < 1.29 is 19.0 Å². The summed E-state index contributed by atoms with van der Waals surface area (Å²) in [5.74, 6) is 0.905. The normalized spacial score (nSPS) is 14.6. The molecule has 1 aromatic heterocycles. The van der Waals surface area contributed by atoms with Crippen molar-refractivity contribution in [2.75, 3.05) is 40.5 Å². The number of hydrogen-bond acceptors (Lipinski definition) is 7. The van der Waals surface area contributed by atoms with Crippen LogP contribution in [0.4, 0.5) is 0 Å². The number of benzene rings is 1. The minimum absolute atomic E-state index is 0.184. The number of carbonyl (C=O) groups is 1.